The minimum Gasteiger partial charge on any atom is -0.462 e. The SMILES string of the molecule is CC(C)OC(=O)Cn1cc(C=O)c2ccccc21. The molecule has 94 valence electrons. The third-order valence-corrected chi connectivity index (χ3v) is 2.61. The highest BCUT2D eigenvalue weighted by atomic mass is 16.5. The zero-order valence-electron chi connectivity index (χ0n) is 10.4. The Labute approximate surface area is 105 Å². The summed E-state index contributed by atoms with van der Waals surface area (Å²) in [6.07, 6.45) is 2.34. The van der Waals surface area contributed by atoms with E-state index in [1.54, 1.807) is 10.8 Å². The van der Waals surface area contributed by atoms with Gasteiger partial charge in [0.2, 0.25) is 0 Å². The van der Waals surface area contributed by atoms with Gasteiger partial charge >= 0.3 is 5.97 Å². The van der Waals surface area contributed by atoms with Gasteiger partial charge in [-0.05, 0) is 19.9 Å². The molecule has 0 spiro atoms. The average molecular weight is 245 g/mol. The molecule has 0 radical (unpaired) electrons. The lowest BCUT2D eigenvalue weighted by Crippen LogP contribution is -2.17. The summed E-state index contributed by atoms with van der Waals surface area (Å²) in [4.78, 5) is 22.6. The normalized spacial score (nSPS) is 10.8. The van der Waals surface area contributed by atoms with Crippen LogP contribution in [0.4, 0.5) is 0 Å². The number of hydrogen-bond acceptors (Lipinski definition) is 3. The molecule has 0 atom stereocenters. The minimum atomic E-state index is -0.303. The van der Waals surface area contributed by atoms with Gasteiger partial charge in [-0.2, -0.15) is 0 Å². The van der Waals surface area contributed by atoms with Gasteiger partial charge in [0.15, 0.2) is 6.29 Å². The second-order valence-corrected chi connectivity index (χ2v) is 4.39. The van der Waals surface area contributed by atoms with Gasteiger partial charge in [0.05, 0.1) is 6.10 Å². The van der Waals surface area contributed by atoms with Crippen LogP contribution in [0.5, 0.6) is 0 Å². The van der Waals surface area contributed by atoms with Gasteiger partial charge in [0.25, 0.3) is 0 Å². The number of carbonyl (C=O) groups excluding carboxylic acids is 2. The van der Waals surface area contributed by atoms with E-state index in [2.05, 4.69) is 0 Å². The zero-order chi connectivity index (χ0) is 13.1. The van der Waals surface area contributed by atoms with Gasteiger partial charge in [-0.1, -0.05) is 18.2 Å². The van der Waals surface area contributed by atoms with Crippen LogP contribution in [0.25, 0.3) is 10.9 Å². The summed E-state index contributed by atoms with van der Waals surface area (Å²) >= 11 is 0. The fourth-order valence-electron chi connectivity index (χ4n) is 1.94. The van der Waals surface area contributed by atoms with E-state index in [-0.39, 0.29) is 18.6 Å². The summed E-state index contributed by atoms with van der Waals surface area (Å²) in [5, 5.41) is 0.852. The monoisotopic (exact) mass is 245 g/mol. The van der Waals surface area contributed by atoms with E-state index in [1.165, 1.54) is 0 Å². The van der Waals surface area contributed by atoms with Gasteiger partial charge in [-0.25, -0.2) is 0 Å². The van der Waals surface area contributed by atoms with Crippen molar-refractivity contribution in [3.63, 3.8) is 0 Å². The molecule has 1 aromatic carbocycles. The van der Waals surface area contributed by atoms with E-state index < -0.39 is 0 Å². The van der Waals surface area contributed by atoms with Crippen LogP contribution in [0.3, 0.4) is 0 Å². The van der Waals surface area contributed by atoms with Gasteiger partial charge in [-0.15, -0.1) is 0 Å². The lowest BCUT2D eigenvalue weighted by atomic mass is 10.2. The summed E-state index contributed by atoms with van der Waals surface area (Å²) in [5.74, 6) is -0.303. The van der Waals surface area contributed by atoms with Crippen LogP contribution in [-0.4, -0.2) is 22.9 Å². The molecule has 0 N–H and O–H groups in total. The number of aldehydes is 1. The number of esters is 1. The average Bonchev–Trinajstić information content (AvgIpc) is 2.67. The van der Waals surface area contributed by atoms with Crippen molar-refractivity contribution in [1.29, 1.82) is 0 Å². The number of rotatable bonds is 4. The number of fused-ring (bicyclic) bond motifs is 1. The molecule has 2 aromatic rings. The van der Waals surface area contributed by atoms with E-state index in [1.807, 2.05) is 38.1 Å². The van der Waals surface area contributed by atoms with Crippen LogP contribution in [-0.2, 0) is 16.1 Å². The van der Waals surface area contributed by atoms with Crippen LogP contribution in [0.15, 0.2) is 30.5 Å². The molecule has 0 saturated carbocycles. The van der Waals surface area contributed by atoms with E-state index in [9.17, 15) is 9.59 Å². The molecule has 18 heavy (non-hydrogen) atoms. The fourth-order valence-corrected chi connectivity index (χ4v) is 1.94. The van der Waals surface area contributed by atoms with Crippen LogP contribution in [0.2, 0.25) is 0 Å². The van der Waals surface area contributed by atoms with Crippen molar-refractivity contribution in [3.05, 3.63) is 36.0 Å². The number of hydrogen-bond donors (Lipinski definition) is 0. The van der Waals surface area contributed by atoms with E-state index >= 15 is 0 Å². The number of aromatic nitrogens is 1. The largest absolute Gasteiger partial charge is 0.462 e. The Hall–Kier alpha value is -2.10. The lowest BCUT2D eigenvalue weighted by Gasteiger charge is -2.09. The Morgan fingerprint density at radius 3 is 2.78 bits per heavy atom. The topological polar surface area (TPSA) is 48.3 Å². The van der Waals surface area contributed by atoms with Crippen LogP contribution in [0, 0.1) is 0 Å². The highest BCUT2D eigenvalue weighted by Gasteiger charge is 2.11. The lowest BCUT2D eigenvalue weighted by molar-refractivity contribution is -0.148. The summed E-state index contributed by atoms with van der Waals surface area (Å²) in [6.45, 7) is 3.73. The maximum absolute atomic E-state index is 11.6. The van der Waals surface area contributed by atoms with E-state index in [0.717, 1.165) is 17.2 Å². The molecule has 2 rings (SSSR count). The van der Waals surface area contributed by atoms with Crippen LogP contribution in [0.1, 0.15) is 24.2 Å². The summed E-state index contributed by atoms with van der Waals surface area (Å²) in [7, 11) is 0. The maximum atomic E-state index is 11.6. The first kappa shape index (κ1) is 12.4. The number of ether oxygens (including phenoxy) is 1. The highest BCUT2D eigenvalue weighted by molar-refractivity contribution is 5.98. The molecule has 1 heterocycles. The van der Waals surface area contributed by atoms with Gasteiger partial charge in [0.1, 0.15) is 6.54 Å². The first-order valence-electron chi connectivity index (χ1n) is 5.84. The quantitative estimate of drug-likeness (QED) is 0.614. The van der Waals surface area contributed by atoms with Gasteiger partial charge in [-0.3, -0.25) is 9.59 Å². The minimum absolute atomic E-state index is 0.118. The Morgan fingerprint density at radius 2 is 2.11 bits per heavy atom. The summed E-state index contributed by atoms with van der Waals surface area (Å²) in [6, 6.07) is 7.49. The molecule has 0 unspecified atom stereocenters. The smallest absolute Gasteiger partial charge is 0.326 e. The van der Waals surface area contributed by atoms with Crippen LogP contribution >= 0.6 is 0 Å². The predicted octanol–water partition coefficient (Wildman–Crippen LogP) is 2.41. The molecule has 4 heteroatoms. The number of para-hydroxylation sites is 1. The Bertz CT molecular complexity index is 584. The first-order valence-corrected chi connectivity index (χ1v) is 5.84. The molecule has 4 nitrogen and oxygen atoms in total. The molecule has 0 aliphatic rings. The first-order chi connectivity index (χ1) is 8.61. The summed E-state index contributed by atoms with van der Waals surface area (Å²) < 4.78 is 6.84. The predicted molar refractivity (Wildman–Crippen MR) is 68.6 cm³/mol. The third kappa shape index (κ3) is 2.42. The molecule has 0 aliphatic heterocycles. The van der Waals surface area contributed by atoms with E-state index in [4.69, 9.17) is 4.74 Å². The van der Waals surface area contributed by atoms with E-state index in [0.29, 0.717) is 5.56 Å². The molecular weight excluding hydrogens is 230 g/mol. The van der Waals surface area contributed by atoms with Crippen LogP contribution < -0.4 is 0 Å². The van der Waals surface area contributed by atoms with Gasteiger partial charge in [0, 0.05) is 22.7 Å². The second-order valence-electron chi connectivity index (χ2n) is 4.39. The standard InChI is InChI=1S/C14H15NO3/c1-10(2)18-14(17)8-15-7-11(9-16)12-5-3-4-6-13(12)15/h3-7,9-10H,8H2,1-2H3. The fraction of sp³-hybridized carbons (Fsp3) is 0.286. The molecule has 0 fully saturated rings. The summed E-state index contributed by atoms with van der Waals surface area (Å²) in [5.41, 5.74) is 1.45. The van der Waals surface area contributed by atoms with Crippen molar-refractivity contribution in [2.45, 2.75) is 26.5 Å². The molecule has 0 saturated heterocycles. The number of benzene rings is 1. The number of carbonyl (C=O) groups is 2. The highest BCUT2D eigenvalue weighted by Crippen LogP contribution is 2.19. The molecule has 0 bridgehead atoms. The van der Waals surface area contributed by atoms with Crippen molar-refractivity contribution >= 4 is 23.2 Å². The van der Waals surface area contributed by atoms with Gasteiger partial charge < -0.3 is 9.30 Å². The second kappa shape index (κ2) is 5.04. The zero-order valence-corrected chi connectivity index (χ0v) is 10.4. The molecule has 0 amide bonds. The Morgan fingerprint density at radius 1 is 1.39 bits per heavy atom. The Kier molecular flexibility index (Phi) is 3.46. The number of nitrogens with zero attached hydrogens (tertiary/aromatic N) is 1. The maximum Gasteiger partial charge on any atom is 0.326 e. The molecule has 1 aromatic heterocycles. The Balaban J connectivity index is 2.33. The van der Waals surface area contributed by atoms with Crippen molar-refractivity contribution in [2.24, 2.45) is 0 Å². The van der Waals surface area contributed by atoms with Crippen molar-refractivity contribution in [1.82, 2.24) is 4.57 Å². The molecule has 0 aliphatic carbocycles. The van der Waals surface area contributed by atoms with Crippen molar-refractivity contribution in [2.75, 3.05) is 0 Å². The third-order valence-electron chi connectivity index (χ3n) is 2.61. The van der Waals surface area contributed by atoms with Crippen molar-refractivity contribution < 1.29 is 14.3 Å². The molecular formula is C14H15NO3. The van der Waals surface area contributed by atoms with Crippen molar-refractivity contribution in [3.8, 4) is 0 Å².